The lowest BCUT2D eigenvalue weighted by Crippen LogP contribution is -2.33. The molecule has 0 aliphatic carbocycles. The van der Waals surface area contributed by atoms with Gasteiger partial charge in [0.15, 0.2) is 0 Å². The molecule has 2 aromatic heterocycles. The number of hydrogen-bond acceptors (Lipinski definition) is 10. The topological polar surface area (TPSA) is 126 Å². The summed E-state index contributed by atoms with van der Waals surface area (Å²) >= 11 is 1.20. The van der Waals surface area contributed by atoms with Gasteiger partial charge in [0.1, 0.15) is 12.1 Å². The van der Waals surface area contributed by atoms with Crippen LogP contribution in [-0.2, 0) is 26.2 Å². The average molecular weight is 621 g/mol. The van der Waals surface area contributed by atoms with E-state index < -0.39 is 28.8 Å². The van der Waals surface area contributed by atoms with Crippen molar-refractivity contribution in [2.24, 2.45) is 0 Å². The molecule has 0 amide bonds. The van der Waals surface area contributed by atoms with Crippen molar-refractivity contribution in [1.82, 2.24) is 24.8 Å². The van der Waals surface area contributed by atoms with E-state index >= 15 is 0 Å². The number of fused-ring (bicyclic) bond motifs is 1. The zero-order valence-corrected chi connectivity index (χ0v) is 24.1. The summed E-state index contributed by atoms with van der Waals surface area (Å²) in [5, 5.41) is 11.4. The van der Waals surface area contributed by atoms with Gasteiger partial charge < -0.3 is 15.0 Å². The van der Waals surface area contributed by atoms with Crippen molar-refractivity contribution in [2.45, 2.75) is 37.4 Å². The quantitative estimate of drug-likeness (QED) is 0.241. The molecule has 2 N–H and O–H groups in total. The number of carbonyl (C=O) groups excluding carboxylic acids is 1. The van der Waals surface area contributed by atoms with E-state index in [1.54, 1.807) is 30.3 Å². The van der Waals surface area contributed by atoms with E-state index in [9.17, 15) is 26.4 Å². The van der Waals surface area contributed by atoms with E-state index in [0.717, 1.165) is 41.9 Å². The highest BCUT2D eigenvalue weighted by Crippen LogP contribution is 2.33. The van der Waals surface area contributed by atoms with Gasteiger partial charge in [-0.05, 0) is 92.5 Å². The van der Waals surface area contributed by atoms with Gasteiger partial charge in [-0.15, -0.1) is 21.5 Å². The fraction of sp³-hybridized carbons (Fsp3) is 0.333. The number of hydrogen-bond donors (Lipinski definition) is 2. The highest BCUT2D eigenvalue weighted by atomic mass is 32.2. The third-order valence-corrected chi connectivity index (χ3v) is 9.21. The van der Waals surface area contributed by atoms with Crippen LogP contribution in [0.1, 0.15) is 23.3 Å². The van der Waals surface area contributed by atoms with Gasteiger partial charge in [-0.3, -0.25) is 0 Å². The van der Waals surface area contributed by atoms with Crippen LogP contribution in [-0.4, -0.2) is 66.8 Å². The van der Waals surface area contributed by atoms with Gasteiger partial charge in [0, 0.05) is 28.5 Å². The molecule has 4 aromatic rings. The normalized spacial score (nSPS) is 14.4. The van der Waals surface area contributed by atoms with Crippen molar-refractivity contribution in [3.8, 4) is 10.4 Å². The molecule has 15 heteroatoms. The number of anilines is 2. The second kappa shape index (κ2) is 12.3. The first-order chi connectivity index (χ1) is 20.0. The molecule has 0 spiro atoms. The Bertz CT molecular complexity index is 1690. The number of sulfonamides is 1. The van der Waals surface area contributed by atoms with Crippen LogP contribution in [0, 0.1) is 6.92 Å². The number of aromatic nitrogens is 3. The number of halogens is 3. The van der Waals surface area contributed by atoms with Crippen LogP contribution in [0.3, 0.4) is 0 Å². The number of rotatable bonds is 10. The highest BCUT2D eigenvalue weighted by Gasteiger charge is 2.41. The predicted octanol–water partition coefficient (Wildman–Crippen LogP) is 4.78. The smallest absolute Gasteiger partial charge is 0.453 e. The van der Waals surface area contributed by atoms with Gasteiger partial charge >= 0.3 is 12.1 Å². The van der Waals surface area contributed by atoms with Crippen LogP contribution >= 0.6 is 11.3 Å². The first kappa shape index (κ1) is 29.8. The first-order valence-electron chi connectivity index (χ1n) is 13.1. The second-order valence-electron chi connectivity index (χ2n) is 9.73. The summed E-state index contributed by atoms with van der Waals surface area (Å²) in [7, 11) is -3.63. The molecule has 1 fully saturated rings. The zero-order valence-electron chi connectivity index (χ0n) is 22.4. The van der Waals surface area contributed by atoms with Crippen molar-refractivity contribution >= 4 is 50.0 Å². The molecule has 10 nitrogen and oxygen atoms in total. The summed E-state index contributed by atoms with van der Waals surface area (Å²) in [6, 6.07) is 13.2. The molecule has 0 bridgehead atoms. The molecule has 42 heavy (non-hydrogen) atoms. The third-order valence-electron chi connectivity index (χ3n) is 6.64. The van der Waals surface area contributed by atoms with E-state index in [1.165, 1.54) is 23.5 Å². The minimum Gasteiger partial charge on any atom is -0.453 e. The molecular formula is C27H27F3N6O4S2. The van der Waals surface area contributed by atoms with Crippen LogP contribution in [0.2, 0.25) is 0 Å². The predicted molar refractivity (Wildman–Crippen MR) is 152 cm³/mol. The maximum absolute atomic E-state index is 12.6. The van der Waals surface area contributed by atoms with Crippen molar-refractivity contribution < 1.29 is 31.1 Å². The molecule has 0 saturated carbocycles. The van der Waals surface area contributed by atoms with Gasteiger partial charge in [0.2, 0.25) is 16.0 Å². The fourth-order valence-corrected chi connectivity index (χ4v) is 6.52. The summed E-state index contributed by atoms with van der Waals surface area (Å²) in [4.78, 5) is 19.1. The Morgan fingerprint density at radius 3 is 2.50 bits per heavy atom. The van der Waals surface area contributed by atoms with Crippen LogP contribution in [0.25, 0.3) is 21.5 Å². The molecule has 1 aliphatic rings. The van der Waals surface area contributed by atoms with Crippen LogP contribution in [0.15, 0.2) is 53.4 Å². The van der Waals surface area contributed by atoms with E-state index in [4.69, 9.17) is 0 Å². The second-order valence-corrected chi connectivity index (χ2v) is 12.7. The number of likely N-dealkylation sites (tertiary alicyclic amines) is 1. The van der Waals surface area contributed by atoms with Crippen molar-refractivity contribution in [3.05, 3.63) is 59.0 Å². The largest absolute Gasteiger partial charge is 0.490 e. The maximum atomic E-state index is 12.6. The molecule has 1 saturated heterocycles. The van der Waals surface area contributed by atoms with Crippen molar-refractivity contribution in [2.75, 3.05) is 31.5 Å². The van der Waals surface area contributed by atoms with E-state index in [0.29, 0.717) is 34.7 Å². The Kier molecular flexibility index (Phi) is 8.73. The van der Waals surface area contributed by atoms with Gasteiger partial charge in [-0.25, -0.2) is 22.9 Å². The monoisotopic (exact) mass is 620 g/mol. The van der Waals surface area contributed by atoms with E-state index in [2.05, 4.69) is 34.9 Å². The van der Waals surface area contributed by atoms with Crippen LogP contribution < -0.4 is 10.0 Å². The number of nitrogens with zero attached hydrogens (tertiary/aromatic N) is 4. The third kappa shape index (κ3) is 7.21. The van der Waals surface area contributed by atoms with Crippen molar-refractivity contribution in [3.63, 3.8) is 0 Å². The van der Waals surface area contributed by atoms with Crippen molar-refractivity contribution in [1.29, 1.82) is 0 Å². The maximum Gasteiger partial charge on any atom is 0.490 e. The Morgan fingerprint density at radius 2 is 1.79 bits per heavy atom. The highest BCUT2D eigenvalue weighted by molar-refractivity contribution is 7.89. The number of carbonyl (C=O) groups is 1. The first-order valence-corrected chi connectivity index (χ1v) is 15.4. The Labute approximate surface area is 244 Å². The molecule has 3 heterocycles. The minimum absolute atomic E-state index is 0.158. The molecule has 1 aliphatic heterocycles. The lowest BCUT2D eigenvalue weighted by molar-refractivity contribution is -0.200. The number of alkyl halides is 3. The van der Waals surface area contributed by atoms with E-state index in [1.807, 2.05) is 13.0 Å². The molecule has 0 radical (unpaired) electrons. The molecule has 222 valence electrons. The van der Waals surface area contributed by atoms with Crippen LogP contribution in [0.4, 0.5) is 24.8 Å². The van der Waals surface area contributed by atoms with Gasteiger partial charge in [-0.2, -0.15) is 13.2 Å². The number of esters is 1. The summed E-state index contributed by atoms with van der Waals surface area (Å²) in [6.07, 6.45) is -2.74. The number of nitrogens with one attached hydrogen (secondary N) is 2. The SMILES string of the molecule is Cc1cc2nc(Nc3ccc(S(=O)(=O)NCCN4CCCC4)cc3)nnc2cc1-c1ccc(COC(=O)C(F)(F)F)s1. The number of thiophene rings is 1. The Morgan fingerprint density at radius 1 is 1.05 bits per heavy atom. The summed E-state index contributed by atoms with van der Waals surface area (Å²) in [5.41, 5.74) is 3.29. The summed E-state index contributed by atoms with van der Waals surface area (Å²) < 4.78 is 69.4. The fourth-order valence-electron chi connectivity index (χ4n) is 4.50. The molecule has 5 rings (SSSR count). The van der Waals surface area contributed by atoms with Gasteiger partial charge in [-0.1, -0.05) is 0 Å². The lowest BCUT2D eigenvalue weighted by Gasteiger charge is -2.15. The summed E-state index contributed by atoms with van der Waals surface area (Å²) in [5.74, 6) is -2.01. The molecule has 0 atom stereocenters. The molecule has 0 unspecified atom stereocenters. The Balaban J connectivity index is 1.23. The standard InChI is InChI=1S/C27H27F3N6O4S2/c1-17-14-22-23(15-21(17)24-9-6-19(41-24)16-40-25(37)27(28,29)30)34-35-26(33-22)32-18-4-7-20(8-5-18)42(38,39)31-10-13-36-11-2-3-12-36/h4-9,14-15,31H,2-3,10-13,16H2,1H3,(H,32,33,35). The summed E-state index contributed by atoms with van der Waals surface area (Å²) in [6.45, 7) is 4.43. The van der Waals surface area contributed by atoms with Crippen LogP contribution in [0.5, 0.6) is 0 Å². The molecule has 2 aromatic carbocycles. The van der Waals surface area contributed by atoms with Gasteiger partial charge in [0.25, 0.3) is 0 Å². The lowest BCUT2D eigenvalue weighted by atomic mass is 10.1. The number of benzene rings is 2. The van der Waals surface area contributed by atoms with Gasteiger partial charge in [0.05, 0.1) is 10.4 Å². The Hall–Kier alpha value is -3.66. The average Bonchev–Trinajstić information content (AvgIpc) is 3.63. The zero-order chi connectivity index (χ0) is 29.9. The molecular weight excluding hydrogens is 593 g/mol. The number of ether oxygens (including phenoxy) is 1. The number of aryl methyl sites for hydroxylation is 1. The van der Waals surface area contributed by atoms with E-state index in [-0.39, 0.29) is 10.8 Å². The minimum atomic E-state index is -5.04.